The third-order valence-corrected chi connectivity index (χ3v) is 2.50. The van der Waals surface area contributed by atoms with Crippen molar-refractivity contribution in [3.63, 3.8) is 0 Å². The van der Waals surface area contributed by atoms with Crippen molar-refractivity contribution < 1.29 is 4.92 Å². The number of benzene rings is 1. The maximum atomic E-state index is 10.5. The van der Waals surface area contributed by atoms with E-state index in [9.17, 15) is 10.1 Å². The van der Waals surface area contributed by atoms with Crippen LogP contribution in [0.4, 0.5) is 11.4 Å². The number of nitro benzene ring substituents is 1. The number of imidazole rings is 1. The Hall–Kier alpha value is -2.08. The molecule has 0 aliphatic heterocycles. The van der Waals surface area contributed by atoms with Gasteiger partial charge in [0.15, 0.2) is 0 Å². The molecule has 0 aliphatic rings. The van der Waals surface area contributed by atoms with Crippen molar-refractivity contribution in [2.45, 2.75) is 6.54 Å². The molecule has 0 fully saturated rings. The van der Waals surface area contributed by atoms with Crippen LogP contribution in [0.2, 0.25) is 5.02 Å². The molecule has 0 saturated heterocycles. The number of aromatic amines is 1. The number of H-pyrrole nitrogens is 1. The molecule has 0 spiro atoms. The Morgan fingerprint density at radius 1 is 1.53 bits per heavy atom. The summed E-state index contributed by atoms with van der Waals surface area (Å²) in [5.41, 5.74) is 1.52. The lowest BCUT2D eigenvalue weighted by Crippen LogP contribution is -2.00. The van der Waals surface area contributed by atoms with Crippen LogP contribution in [0.1, 0.15) is 5.69 Å². The smallest absolute Gasteiger partial charge is 0.271 e. The number of anilines is 1. The topological polar surface area (TPSA) is 83.8 Å². The Bertz CT molecular complexity index is 527. The van der Waals surface area contributed by atoms with E-state index in [1.54, 1.807) is 18.6 Å². The maximum absolute atomic E-state index is 10.5. The van der Waals surface area contributed by atoms with E-state index in [1.807, 2.05) is 0 Å². The van der Waals surface area contributed by atoms with E-state index in [1.165, 1.54) is 12.1 Å². The van der Waals surface area contributed by atoms with Gasteiger partial charge in [0.05, 0.1) is 34.2 Å². The van der Waals surface area contributed by atoms with E-state index in [2.05, 4.69) is 15.3 Å². The van der Waals surface area contributed by atoms with Gasteiger partial charge in [0.1, 0.15) is 0 Å². The molecule has 2 rings (SSSR count). The fourth-order valence-corrected chi connectivity index (χ4v) is 1.57. The van der Waals surface area contributed by atoms with Crippen LogP contribution in [0.5, 0.6) is 0 Å². The summed E-state index contributed by atoms with van der Waals surface area (Å²) in [7, 11) is 0. The fourth-order valence-electron chi connectivity index (χ4n) is 1.33. The number of aromatic nitrogens is 2. The van der Waals surface area contributed by atoms with Gasteiger partial charge in [-0.1, -0.05) is 11.6 Å². The first kappa shape index (κ1) is 11.4. The summed E-state index contributed by atoms with van der Waals surface area (Å²) < 4.78 is 0. The fraction of sp³-hybridized carbons (Fsp3) is 0.100. The van der Waals surface area contributed by atoms with Crippen LogP contribution in [0.25, 0.3) is 0 Å². The molecule has 0 atom stereocenters. The van der Waals surface area contributed by atoms with Gasteiger partial charge in [-0.2, -0.15) is 0 Å². The van der Waals surface area contributed by atoms with Crippen LogP contribution >= 0.6 is 11.6 Å². The van der Waals surface area contributed by atoms with Gasteiger partial charge >= 0.3 is 0 Å². The number of hydrogen-bond donors (Lipinski definition) is 2. The number of nitrogens with one attached hydrogen (secondary N) is 2. The van der Waals surface area contributed by atoms with E-state index in [0.717, 1.165) is 5.69 Å². The van der Waals surface area contributed by atoms with E-state index >= 15 is 0 Å². The number of halogens is 1. The first-order valence-corrected chi connectivity index (χ1v) is 5.19. The minimum absolute atomic E-state index is 0.0258. The average Bonchev–Trinajstić information content (AvgIpc) is 2.80. The average molecular weight is 253 g/mol. The summed E-state index contributed by atoms with van der Waals surface area (Å²) >= 11 is 5.92. The van der Waals surface area contributed by atoms with Crippen LogP contribution in [0.3, 0.4) is 0 Å². The second-order valence-corrected chi connectivity index (χ2v) is 3.76. The Kier molecular flexibility index (Phi) is 3.24. The molecule has 1 aromatic heterocycles. The van der Waals surface area contributed by atoms with Crippen molar-refractivity contribution in [2.24, 2.45) is 0 Å². The summed E-state index contributed by atoms with van der Waals surface area (Å²) in [6.07, 6.45) is 3.26. The summed E-state index contributed by atoms with van der Waals surface area (Å²) in [5.74, 6) is 0. The molecule has 2 N–H and O–H groups in total. The third-order valence-electron chi connectivity index (χ3n) is 2.19. The first-order valence-electron chi connectivity index (χ1n) is 4.82. The van der Waals surface area contributed by atoms with E-state index < -0.39 is 4.92 Å². The second kappa shape index (κ2) is 4.84. The van der Waals surface area contributed by atoms with Crippen molar-refractivity contribution >= 4 is 23.0 Å². The molecular formula is C10H9ClN4O2. The molecule has 1 aromatic carbocycles. The predicted molar refractivity (Wildman–Crippen MR) is 64.0 cm³/mol. The lowest BCUT2D eigenvalue weighted by molar-refractivity contribution is -0.384. The predicted octanol–water partition coefficient (Wildman–Crippen LogP) is 2.58. The van der Waals surface area contributed by atoms with Gasteiger partial charge in [0.25, 0.3) is 5.69 Å². The zero-order chi connectivity index (χ0) is 12.3. The molecule has 0 unspecified atom stereocenters. The highest BCUT2D eigenvalue weighted by Crippen LogP contribution is 2.26. The van der Waals surface area contributed by atoms with Crippen molar-refractivity contribution in [1.82, 2.24) is 9.97 Å². The molecule has 0 aliphatic carbocycles. The molecule has 7 heteroatoms. The zero-order valence-electron chi connectivity index (χ0n) is 8.68. The number of non-ortho nitro benzene ring substituents is 1. The Balaban J connectivity index is 2.09. The largest absolute Gasteiger partial charge is 0.378 e. The number of nitrogens with zero attached hydrogens (tertiary/aromatic N) is 2. The van der Waals surface area contributed by atoms with Crippen LogP contribution < -0.4 is 5.32 Å². The van der Waals surface area contributed by atoms with Crippen molar-refractivity contribution in [1.29, 1.82) is 0 Å². The summed E-state index contributed by atoms with van der Waals surface area (Å²) in [6, 6.07) is 4.30. The van der Waals surface area contributed by atoms with Gasteiger partial charge in [-0.15, -0.1) is 0 Å². The number of hydrogen-bond acceptors (Lipinski definition) is 4. The van der Waals surface area contributed by atoms with Gasteiger partial charge < -0.3 is 10.3 Å². The van der Waals surface area contributed by atoms with Crippen molar-refractivity contribution in [2.75, 3.05) is 5.32 Å². The van der Waals surface area contributed by atoms with Gasteiger partial charge in [-0.05, 0) is 6.07 Å². The van der Waals surface area contributed by atoms with Crippen molar-refractivity contribution in [3.8, 4) is 0 Å². The lowest BCUT2D eigenvalue weighted by Gasteiger charge is -2.06. The molecule has 2 aromatic rings. The second-order valence-electron chi connectivity index (χ2n) is 3.35. The lowest BCUT2D eigenvalue weighted by atomic mass is 10.3. The Labute approximate surface area is 102 Å². The van der Waals surface area contributed by atoms with Crippen molar-refractivity contribution in [3.05, 3.63) is 51.6 Å². The normalized spacial score (nSPS) is 10.2. The first-order chi connectivity index (χ1) is 8.16. The third kappa shape index (κ3) is 2.73. The molecule has 0 bridgehead atoms. The highest BCUT2D eigenvalue weighted by atomic mass is 35.5. The molecule has 1 heterocycles. The monoisotopic (exact) mass is 252 g/mol. The van der Waals surface area contributed by atoms with Crippen LogP contribution in [-0.4, -0.2) is 14.9 Å². The zero-order valence-corrected chi connectivity index (χ0v) is 9.44. The standard InChI is InChI=1S/C10H9ClN4O2/c11-9-3-8(15(16)17)1-2-10(9)13-5-7-4-12-6-14-7/h1-4,6,13H,5H2,(H,12,14). The molecule has 0 radical (unpaired) electrons. The number of rotatable bonds is 4. The minimum Gasteiger partial charge on any atom is -0.378 e. The maximum Gasteiger partial charge on any atom is 0.271 e. The molecular weight excluding hydrogens is 244 g/mol. The SMILES string of the molecule is O=[N+]([O-])c1ccc(NCc2cnc[nH]2)c(Cl)c1. The quantitative estimate of drug-likeness (QED) is 0.647. The summed E-state index contributed by atoms with van der Waals surface area (Å²) in [6.45, 7) is 0.525. The van der Waals surface area contributed by atoms with Gasteiger partial charge in [0, 0.05) is 18.3 Å². The molecule has 6 nitrogen and oxygen atoms in total. The summed E-state index contributed by atoms with van der Waals surface area (Å²) in [4.78, 5) is 16.8. The molecule has 0 saturated carbocycles. The van der Waals surface area contributed by atoms with Gasteiger partial charge in [-0.3, -0.25) is 10.1 Å². The van der Waals surface area contributed by atoms with Crippen LogP contribution in [0.15, 0.2) is 30.7 Å². The molecule has 17 heavy (non-hydrogen) atoms. The van der Waals surface area contributed by atoms with E-state index in [4.69, 9.17) is 11.6 Å². The highest BCUT2D eigenvalue weighted by molar-refractivity contribution is 6.33. The van der Waals surface area contributed by atoms with Crippen LogP contribution in [-0.2, 0) is 6.54 Å². The van der Waals surface area contributed by atoms with Gasteiger partial charge in [0.2, 0.25) is 0 Å². The van der Waals surface area contributed by atoms with E-state index in [0.29, 0.717) is 17.3 Å². The minimum atomic E-state index is -0.482. The van der Waals surface area contributed by atoms with Crippen LogP contribution in [0, 0.1) is 10.1 Å². The Morgan fingerprint density at radius 3 is 2.94 bits per heavy atom. The van der Waals surface area contributed by atoms with Gasteiger partial charge in [-0.25, -0.2) is 4.98 Å². The number of nitro groups is 1. The highest BCUT2D eigenvalue weighted by Gasteiger charge is 2.09. The summed E-state index contributed by atoms with van der Waals surface area (Å²) in [5, 5.41) is 13.9. The molecule has 0 amide bonds. The molecule has 88 valence electrons. The van der Waals surface area contributed by atoms with E-state index in [-0.39, 0.29) is 5.69 Å². The Morgan fingerprint density at radius 2 is 2.35 bits per heavy atom.